The van der Waals surface area contributed by atoms with Crippen molar-refractivity contribution in [1.29, 1.82) is 0 Å². The first-order valence-corrected chi connectivity index (χ1v) is 11.3. The number of carbonyl (C=O) groups is 1. The highest BCUT2D eigenvalue weighted by molar-refractivity contribution is 5.80. The molecule has 0 bridgehead atoms. The van der Waals surface area contributed by atoms with Crippen LogP contribution in [0.25, 0.3) is 0 Å². The summed E-state index contributed by atoms with van der Waals surface area (Å²) in [4.78, 5) is 18.0. The minimum Gasteiger partial charge on any atom is -0.497 e. The number of allylic oxidation sites excluding steroid dienone is 1. The fourth-order valence-electron chi connectivity index (χ4n) is 4.96. The van der Waals surface area contributed by atoms with E-state index in [1.807, 2.05) is 34.8 Å². The van der Waals surface area contributed by atoms with Crippen molar-refractivity contribution in [2.75, 3.05) is 26.7 Å². The Morgan fingerprint density at radius 2 is 1.97 bits per heavy atom. The van der Waals surface area contributed by atoms with Gasteiger partial charge in [-0.05, 0) is 62.9 Å². The lowest BCUT2D eigenvalue weighted by atomic mass is 9.81. The normalized spacial score (nSPS) is 20.8. The average Bonchev–Trinajstić information content (AvgIpc) is 2.98. The second-order valence-corrected chi connectivity index (χ2v) is 8.91. The topological polar surface area (TPSA) is 50.6 Å². The summed E-state index contributed by atoms with van der Waals surface area (Å²) >= 11 is 0. The van der Waals surface area contributed by atoms with Crippen molar-refractivity contribution in [2.24, 2.45) is 18.9 Å². The van der Waals surface area contributed by atoms with E-state index in [4.69, 9.17) is 4.74 Å². The molecular formula is C25H34N4O2. The van der Waals surface area contributed by atoms with Gasteiger partial charge in [0.25, 0.3) is 0 Å². The lowest BCUT2D eigenvalue weighted by Crippen LogP contribution is -2.42. The number of aryl methyl sites for hydroxylation is 2. The van der Waals surface area contributed by atoms with E-state index < -0.39 is 0 Å². The van der Waals surface area contributed by atoms with Crippen LogP contribution in [0.5, 0.6) is 5.75 Å². The van der Waals surface area contributed by atoms with E-state index in [9.17, 15) is 4.79 Å². The van der Waals surface area contributed by atoms with Gasteiger partial charge in [-0.15, -0.1) is 0 Å². The first kappa shape index (κ1) is 21.6. The van der Waals surface area contributed by atoms with Crippen LogP contribution in [0.15, 0.2) is 42.6 Å². The highest BCUT2D eigenvalue weighted by Gasteiger charge is 2.34. The van der Waals surface area contributed by atoms with E-state index in [0.717, 1.165) is 55.9 Å². The molecule has 2 aliphatic rings. The molecule has 0 saturated carbocycles. The SMILES string of the molecule is COc1cccc(CN2CC=CC[C@H](C3CCN(Cc4cn(C)nc4C)CC3)C2=O)c1. The Morgan fingerprint density at radius 1 is 1.16 bits per heavy atom. The third-order valence-electron chi connectivity index (χ3n) is 6.73. The summed E-state index contributed by atoms with van der Waals surface area (Å²) in [5, 5.41) is 4.46. The Hall–Kier alpha value is -2.60. The predicted molar refractivity (Wildman–Crippen MR) is 122 cm³/mol. The third-order valence-corrected chi connectivity index (χ3v) is 6.73. The molecule has 0 aliphatic carbocycles. The Morgan fingerprint density at radius 3 is 2.68 bits per heavy atom. The van der Waals surface area contributed by atoms with Gasteiger partial charge in [-0.1, -0.05) is 24.3 Å². The molecule has 1 atom stereocenters. The number of nitrogens with zero attached hydrogens (tertiary/aromatic N) is 4. The lowest BCUT2D eigenvalue weighted by Gasteiger charge is -2.36. The van der Waals surface area contributed by atoms with Gasteiger partial charge < -0.3 is 9.64 Å². The molecule has 31 heavy (non-hydrogen) atoms. The molecule has 166 valence electrons. The molecule has 1 amide bonds. The number of aromatic nitrogens is 2. The second-order valence-electron chi connectivity index (χ2n) is 8.91. The van der Waals surface area contributed by atoms with Gasteiger partial charge in [-0.25, -0.2) is 0 Å². The van der Waals surface area contributed by atoms with Gasteiger partial charge in [0.1, 0.15) is 5.75 Å². The van der Waals surface area contributed by atoms with Crippen LogP contribution in [0, 0.1) is 18.8 Å². The second kappa shape index (κ2) is 9.69. The van der Waals surface area contributed by atoms with E-state index in [2.05, 4.69) is 41.3 Å². The predicted octanol–water partition coefficient (Wildman–Crippen LogP) is 3.55. The summed E-state index contributed by atoms with van der Waals surface area (Å²) in [6.45, 7) is 6.44. The summed E-state index contributed by atoms with van der Waals surface area (Å²) < 4.78 is 7.24. The van der Waals surface area contributed by atoms with E-state index in [0.29, 0.717) is 24.9 Å². The van der Waals surface area contributed by atoms with E-state index in [-0.39, 0.29) is 5.92 Å². The van der Waals surface area contributed by atoms with Crippen LogP contribution < -0.4 is 4.74 Å². The maximum Gasteiger partial charge on any atom is 0.226 e. The largest absolute Gasteiger partial charge is 0.497 e. The van der Waals surface area contributed by atoms with E-state index >= 15 is 0 Å². The standard InChI is InChI=1S/C25H34N4O2/c1-19-22(17-27(2)26-19)18-28-13-10-21(11-14-28)24-9-4-5-12-29(25(24)30)16-20-7-6-8-23(15-20)31-3/h4-8,15,17,21,24H,9-14,16,18H2,1-3H3/t24-/m1/s1. The molecule has 0 radical (unpaired) electrons. The van der Waals surface area contributed by atoms with Crippen molar-refractivity contribution in [3.05, 3.63) is 59.4 Å². The van der Waals surface area contributed by atoms with Crippen molar-refractivity contribution in [2.45, 2.75) is 39.3 Å². The Bertz CT molecular complexity index is 927. The van der Waals surface area contributed by atoms with Crippen molar-refractivity contribution in [3.8, 4) is 5.75 Å². The minimum atomic E-state index is 0.0895. The molecule has 2 aliphatic heterocycles. The molecule has 0 unspecified atom stereocenters. The first-order valence-electron chi connectivity index (χ1n) is 11.3. The molecule has 0 N–H and O–H groups in total. The average molecular weight is 423 g/mol. The van der Waals surface area contributed by atoms with Crippen LogP contribution in [0.2, 0.25) is 0 Å². The highest BCUT2D eigenvalue weighted by atomic mass is 16.5. The van der Waals surface area contributed by atoms with Gasteiger partial charge in [0.15, 0.2) is 0 Å². The zero-order valence-corrected chi connectivity index (χ0v) is 19.0. The summed E-state index contributed by atoms with van der Waals surface area (Å²) in [7, 11) is 3.65. The van der Waals surface area contributed by atoms with E-state index in [1.165, 1.54) is 5.56 Å². The quantitative estimate of drug-likeness (QED) is 0.668. The number of carbonyl (C=O) groups excluding carboxylic acids is 1. The highest BCUT2D eigenvalue weighted by Crippen LogP contribution is 2.32. The van der Waals surface area contributed by atoms with Gasteiger partial charge in [0.2, 0.25) is 5.91 Å². The zero-order chi connectivity index (χ0) is 21.8. The van der Waals surface area contributed by atoms with Gasteiger partial charge in [-0.3, -0.25) is 14.4 Å². The van der Waals surface area contributed by atoms with Crippen molar-refractivity contribution in [3.63, 3.8) is 0 Å². The lowest BCUT2D eigenvalue weighted by molar-refractivity contribution is -0.137. The number of benzene rings is 1. The number of hydrogen-bond acceptors (Lipinski definition) is 4. The van der Waals surface area contributed by atoms with Crippen LogP contribution in [0.4, 0.5) is 0 Å². The number of likely N-dealkylation sites (tertiary alicyclic amines) is 1. The molecule has 1 aromatic heterocycles. The number of ether oxygens (including phenoxy) is 1. The molecule has 6 heteroatoms. The number of rotatable bonds is 6. The van der Waals surface area contributed by atoms with E-state index in [1.54, 1.807) is 7.11 Å². The molecule has 0 spiro atoms. The molecule has 1 fully saturated rings. The molecule has 3 heterocycles. The van der Waals surface area contributed by atoms with Crippen LogP contribution in [0.1, 0.15) is 36.1 Å². The smallest absolute Gasteiger partial charge is 0.226 e. The summed E-state index contributed by atoms with van der Waals surface area (Å²) in [6.07, 6.45) is 9.50. The van der Waals surface area contributed by atoms with Gasteiger partial charge in [0.05, 0.1) is 12.8 Å². The molecular weight excluding hydrogens is 388 g/mol. The number of hydrogen-bond donors (Lipinski definition) is 0. The third kappa shape index (κ3) is 5.18. The molecule has 6 nitrogen and oxygen atoms in total. The number of methoxy groups -OCH3 is 1. The monoisotopic (exact) mass is 422 g/mol. The van der Waals surface area contributed by atoms with Crippen LogP contribution in [-0.2, 0) is 24.9 Å². The summed E-state index contributed by atoms with van der Waals surface area (Å²) in [5.41, 5.74) is 3.53. The molecule has 1 saturated heterocycles. The first-order chi connectivity index (χ1) is 15.0. The summed E-state index contributed by atoms with van der Waals surface area (Å²) in [6, 6.07) is 8.02. The van der Waals surface area contributed by atoms with Crippen molar-refractivity contribution >= 4 is 5.91 Å². The van der Waals surface area contributed by atoms with Crippen LogP contribution >= 0.6 is 0 Å². The molecule has 2 aromatic rings. The number of amides is 1. The molecule has 4 rings (SSSR count). The minimum absolute atomic E-state index is 0.0895. The molecule has 1 aromatic carbocycles. The maximum atomic E-state index is 13.5. The van der Waals surface area contributed by atoms with Gasteiger partial charge in [0, 0.05) is 44.4 Å². The Kier molecular flexibility index (Phi) is 6.76. The van der Waals surface area contributed by atoms with Crippen molar-refractivity contribution in [1.82, 2.24) is 19.6 Å². The Labute approximate surface area is 185 Å². The van der Waals surface area contributed by atoms with Gasteiger partial charge >= 0.3 is 0 Å². The summed E-state index contributed by atoms with van der Waals surface area (Å²) in [5.74, 6) is 1.68. The Balaban J connectivity index is 1.37. The fourth-order valence-corrected chi connectivity index (χ4v) is 4.96. The number of piperidine rings is 1. The fraction of sp³-hybridized carbons (Fsp3) is 0.520. The zero-order valence-electron chi connectivity index (χ0n) is 19.0. The van der Waals surface area contributed by atoms with Crippen LogP contribution in [0.3, 0.4) is 0 Å². The van der Waals surface area contributed by atoms with Gasteiger partial charge in [-0.2, -0.15) is 5.10 Å². The maximum absolute atomic E-state index is 13.5. The van der Waals surface area contributed by atoms with Crippen LogP contribution in [-0.4, -0.2) is 52.2 Å². The van der Waals surface area contributed by atoms with Crippen molar-refractivity contribution < 1.29 is 9.53 Å².